The molecule has 9 heteroatoms. The molecule has 2 saturated heterocycles. The second kappa shape index (κ2) is 11.3. The molecule has 158 valence electrons. The molecule has 2 aliphatic heterocycles. The fourth-order valence-electron chi connectivity index (χ4n) is 3.14. The van der Waals surface area contributed by atoms with Crippen LogP contribution in [-0.4, -0.2) is 102 Å². The summed E-state index contributed by atoms with van der Waals surface area (Å²) in [5.74, 6) is 0.886. The number of carbonyl (C=O) groups excluding carboxylic acids is 1. The quantitative estimate of drug-likeness (QED) is 0.345. The number of ether oxygens (including phenoxy) is 1. The number of carbonyl (C=O) groups is 1. The van der Waals surface area contributed by atoms with Gasteiger partial charge in [-0.3, -0.25) is 9.89 Å². The fraction of sp³-hybridized carbons (Fsp3) is 0.889. The molecule has 0 aromatic carbocycles. The Kier molecular flexibility index (Phi) is 10.1. The van der Waals surface area contributed by atoms with Crippen molar-refractivity contribution >= 4 is 36.0 Å². The van der Waals surface area contributed by atoms with Gasteiger partial charge in [-0.25, -0.2) is 4.79 Å². The van der Waals surface area contributed by atoms with Gasteiger partial charge in [0.05, 0.1) is 12.6 Å². The van der Waals surface area contributed by atoms with Crippen LogP contribution < -0.4 is 5.32 Å². The SMILES string of the molecule is CCNC(=NCCN1CCN(C(=O)OC(C)(C)C)CC1)N1CC[C@@H](O)C1.I. The van der Waals surface area contributed by atoms with Gasteiger partial charge in [0.1, 0.15) is 5.60 Å². The minimum Gasteiger partial charge on any atom is -0.444 e. The molecule has 2 rings (SSSR count). The monoisotopic (exact) mass is 497 g/mol. The third-order valence-corrected chi connectivity index (χ3v) is 4.50. The van der Waals surface area contributed by atoms with Crippen LogP contribution in [0.1, 0.15) is 34.1 Å². The molecule has 0 saturated carbocycles. The Morgan fingerprint density at radius 1 is 1.19 bits per heavy atom. The Labute approximate surface area is 180 Å². The predicted molar refractivity (Wildman–Crippen MR) is 118 cm³/mol. The lowest BCUT2D eigenvalue weighted by Gasteiger charge is -2.35. The van der Waals surface area contributed by atoms with Gasteiger partial charge in [-0.05, 0) is 34.1 Å². The Morgan fingerprint density at radius 3 is 2.37 bits per heavy atom. The normalized spacial score (nSPS) is 21.8. The minimum absolute atomic E-state index is 0. The van der Waals surface area contributed by atoms with Gasteiger partial charge in [0.2, 0.25) is 0 Å². The maximum Gasteiger partial charge on any atom is 0.410 e. The van der Waals surface area contributed by atoms with E-state index in [0.717, 1.165) is 45.1 Å². The number of β-amino-alcohol motifs (C(OH)–C–C–N with tert-alkyl or cyclic N) is 1. The Morgan fingerprint density at radius 2 is 1.85 bits per heavy atom. The lowest BCUT2D eigenvalue weighted by molar-refractivity contribution is 0.0148. The van der Waals surface area contributed by atoms with E-state index in [9.17, 15) is 9.90 Å². The van der Waals surface area contributed by atoms with E-state index in [4.69, 9.17) is 9.73 Å². The molecular formula is C18H36IN5O3. The zero-order chi connectivity index (χ0) is 19.2. The van der Waals surface area contributed by atoms with Gasteiger partial charge in [-0.15, -0.1) is 24.0 Å². The number of amides is 1. The van der Waals surface area contributed by atoms with Gasteiger partial charge in [0.15, 0.2) is 5.96 Å². The molecule has 27 heavy (non-hydrogen) atoms. The highest BCUT2D eigenvalue weighted by Gasteiger charge is 2.26. The molecule has 2 fully saturated rings. The van der Waals surface area contributed by atoms with E-state index < -0.39 is 5.60 Å². The van der Waals surface area contributed by atoms with E-state index in [1.807, 2.05) is 20.8 Å². The zero-order valence-corrected chi connectivity index (χ0v) is 19.4. The van der Waals surface area contributed by atoms with Gasteiger partial charge >= 0.3 is 6.09 Å². The molecule has 1 atom stereocenters. The number of guanidine groups is 1. The third-order valence-electron chi connectivity index (χ3n) is 4.50. The summed E-state index contributed by atoms with van der Waals surface area (Å²) in [7, 11) is 0. The van der Waals surface area contributed by atoms with Gasteiger partial charge in [0.25, 0.3) is 0 Å². The summed E-state index contributed by atoms with van der Waals surface area (Å²) < 4.78 is 5.43. The third kappa shape index (κ3) is 8.39. The van der Waals surface area contributed by atoms with Crippen molar-refractivity contribution in [3.05, 3.63) is 0 Å². The number of nitrogens with one attached hydrogen (secondary N) is 1. The summed E-state index contributed by atoms with van der Waals surface area (Å²) in [6.07, 6.45) is 0.328. The van der Waals surface area contributed by atoms with Crippen LogP contribution in [-0.2, 0) is 4.74 Å². The number of nitrogens with zero attached hydrogens (tertiary/aromatic N) is 4. The van der Waals surface area contributed by atoms with Crippen molar-refractivity contribution < 1.29 is 14.6 Å². The smallest absolute Gasteiger partial charge is 0.410 e. The molecule has 0 spiro atoms. The zero-order valence-electron chi connectivity index (χ0n) is 17.1. The summed E-state index contributed by atoms with van der Waals surface area (Å²) in [6, 6.07) is 0. The van der Waals surface area contributed by atoms with Gasteiger partial charge in [-0.2, -0.15) is 0 Å². The maximum absolute atomic E-state index is 12.1. The molecule has 2 N–H and O–H groups in total. The number of hydrogen-bond donors (Lipinski definition) is 2. The second-order valence-corrected chi connectivity index (χ2v) is 7.93. The molecule has 1 amide bonds. The van der Waals surface area contributed by atoms with Crippen LogP contribution >= 0.6 is 24.0 Å². The largest absolute Gasteiger partial charge is 0.444 e. The topological polar surface area (TPSA) is 80.6 Å². The predicted octanol–water partition coefficient (Wildman–Crippen LogP) is 1.19. The molecule has 0 aliphatic carbocycles. The highest BCUT2D eigenvalue weighted by atomic mass is 127. The van der Waals surface area contributed by atoms with Crippen molar-refractivity contribution in [3.63, 3.8) is 0 Å². The molecule has 0 bridgehead atoms. The van der Waals surface area contributed by atoms with E-state index in [-0.39, 0.29) is 36.2 Å². The van der Waals surface area contributed by atoms with Crippen molar-refractivity contribution in [2.45, 2.75) is 45.8 Å². The van der Waals surface area contributed by atoms with E-state index in [2.05, 4.69) is 22.0 Å². The number of aliphatic imine (C=N–C) groups is 1. The first-order chi connectivity index (χ1) is 12.3. The molecule has 2 heterocycles. The molecule has 2 aliphatic rings. The average molecular weight is 497 g/mol. The number of likely N-dealkylation sites (tertiary alicyclic amines) is 1. The summed E-state index contributed by atoms with van der Waals surface area (Å²) in [4.78, 5) is 23.0. The first kappa shape index (κ1) is 24.2. The standard InChI is InChI=1S/C18H35N5O3.HI/c1-5-19-16(23-8-6-15(24)14-23)20-7-9-21-10-12-22(13-11-21)17(25)26-18(2,3)4;/h15,24H,5-14H2,1-4H3,(H,19,20);1H/t15-;/m1./s1. The Hall–Kier alpha value is -0.810. The van der Waals surface area contributed by atoms with Crippen LogP contribution in [0.2, 0.25) is 0 Å². The number of hydrogen-bond acceptors (Lipinski definition) is 5. The van der Waals surface area contributed by atoms with Crippen molar-refractivity contribution in [1.82, 2.24) is 20.0 Å². The first-order valence-corrected chi connectivity index (χ1v) is 9.70. The van der Waals surface area contributed by atoms with Crippen LogP contribution in [0.3, 0.4) is 0 Å². The van der Waals surface area contributed by atoms with Crippen LogP contribution in [0.5, 0.6) is 0 Å². The van der Waals surface area contributed by atoms with Crippen LogP contribution in [0, 0.1) is 0 Å². The molecular weight excluding hydrogens is 461 g/mol. The molecule has 0 unspecified atom stereocenters. The van der Waals surface area contributed by atoms with E-state index in [1.54, 1.807) is 4.90 Å². The number of rotatable bonds is 4. The Balaban J connectivity index is 0.00000364. The molecule has 8 nitrogen and oxygen atoms in total. The van der Waals surface area contributed by atoms with Crippen LogP contribution in [0.25, 0.3) is 0 Å². The summed E-state index contributed by atoms with van der Waals surface area (Å²) in [5, 5.41) is 13.0. The highest BCUT2D eigenvalue weighted by Crippen LogP contribution is 2.12. The summed E-state index contributed by atoms with van der Waals surface area (Å²) in [6.45, 7) is 14.7. The Bertz CT molecular complexity index is 490. The van der Waals surface area contributed by atoms with Crippen molar-refractivity contribution in [1.29, 1.82) is 0 Å². The van der Waals surface area contributed by atoms with Gasteiger partial charge in [0, 0.05) is 52.4 Å². The van der Waals surface area contributed by atoms with Crippen molar-refractivity contribution in [2.75, 3.05) is 58.9 Å². The molecule has 0 radical (unpaired) electrons. The van der Waals surface area contributed by atoms with Crippen LogP contribution in [0.4, 0.5) is 4.79 Å². The minimum atomic E-state index is -0.450. The van der Waals surface area contributed by atoms with Gasteiger partial charge in [-0.1, -0.05) is 0 Å². The summed E-state index contributed by atoms with van der Waals surface area (Å²) >= 11 is 0. The van der Waals surface area contributed by atoms with E-state index in [0.29, 0.717) is 26.2 Å². The maximum atomic E-state index is 12.1. The average Bonchev–Trinajstić information content (AvgIpc) is 2.99. The van der Waals surface area contributed by atoms with Crippen molar-refractivity contribution in [2.24, 2.45) is 4.99 Å². The second-order valence-electron chi connectivity index (χ2n) is 7.93. The fourth-order valence-corrected chi connectivity index (χ4v) is 3.14. The number of piperazine rings is 1. The molecule has 0 aromatic heterocycles. The lowest BCUT2D eigenvalue weighted by atomic mass is 10.2. The van der Waals surface area contributed by atoms with Gasteiger partial charge < -0.3 is 25.0 Å². The summed E-state index contributed by atoms with van der Waals surface area (Å²) in [5.41, 5.74) is -0.450. The van der Waals surface area contributed by atoms with Crippen molar-refractivity contribution in [3.8, 4) is 0 Å². The number of halogens is 1. The molecule has 0 aromatic rings. The lowest BCUT2D eigenvalue weighted by Crippen LogP contribution is -2.50. The highest BCUT2D eigenvalue weighted by molar-refractivity contribution is 14.0. The van der Waals surface area contributed by atoms with E-state index >= 15 is 0 Å². The first-order valence-electron chi connectivity index (χ1n) is 9.70. The van der Waals surface area contributed by atoms with E-state index in [1.165, 1.54) is 0 Å². The number of aliphatic hydroxyl groups excluding tert-OH is 1. The van der Waals surface area contributed by atoms with Crippen LogP contribution in [0.15, 0.2) is 4.99 Å². The number of aliphatic hydroxyl groups is 1.